The molecule has 0 unspecified atom stereocenters. The summed E-state index contributed by atoms with van der Waals surface area (Å²) < 4.78 is 7.24. The Morgan fingerprint density at radius 2 is 2.29 bits per heavy atom. The summed E-state index contributed by atoms with van der Waals surface area (Å²) in [6.45, 7) is 3.69. The van der Waals surface area contributed by atoms with Crippen molar-refractivity contribution >= 4 is 10.9 Å². The summed E-state index contributed by atoms with van der Waals surface area (Å²) in [7, 11) is 0. The number of ether oxygens (including phenoxy) is 1. The maximum atomic E-state index is 5.17. The van der Waals surface area contributed by atoms with Crippen LogP contribution in [-0.2, 0) is 4.74 Å². The number of benzene rings is 1. The van der Waals surface area contributed by atoms with Gasteiger partial charge < -0.3 is 4.74 Å². The van der Waals surface area contributed by atoms with Gasteiger partial charge in [0.25, 0.3) is 0 Å². The summed E-state index contributed by atoms with van der Waals surface area (Å²) in [6.07, 6.45) is 1.93. The molecule has 0 atom stereocenters. The molecule has 0 N–H and O–H groups in total. The number of fused-ring (bicyclic) bond motifs is 1. The Morgan fingerprint density at radius 1 is 1.43 bits per heavy atom. The molecule has 1 aromatic heterocycles. The number of aryl methyl sites for hydroxylation is 1. The minimum absolute atomic E-state index is 0.440. The van der Waals surface area contributed by atoms with Crippen molar-refractivity contribution in [2.75, 3.05) is 13.2 Å². The molecule has 3 nitrogen and oxygen atoms in total. The minimum atomic E-state index is 0.440. The van der Waals surface area contributed by atoms with Gasteiger partial charge in [0.05, 0.1) is 31.0 Å². The van der Waals surface area contributed by atoms with Crippen LogP contribution in [-0.4, -0.2) is 23.0 Å². The van der Waals surface area contributed by atoms with Crippen LogP contribution in [0.15, 0.2) is 24.4 Å². The van der Waals surface area contributed by atoms with E-state index < -0.39 is 0 Å². The Kier molecular flexibility index (Phi) is 1.61. The lowest BCUT2D eigenvalue weighted by molar-refractivity contribution is -0.0266. The van der Waals surface area contributed by atoms with Gasteiger partial charge in [0.1, 0.15) is 0 Å². The molecule has 0 spiro atoms. The first-order valence-electron chi connectivity index (χ1n) is 4.86. The maximum Gasteiger partial charge on any atom is 0.0992 e. The van der Waals surface area contributed by atoms with Gasteiger partial charge in [-0.1, -0.05) is 11.6 Å². The third kappa shape index (κ3) is 1.06. The van der Waals surface area contributed by atoms with E-state index in [4.69, 9.17) is 4.74 Å². The molecular weight excluding hydrogens is 176 g/mol. The summed E-state index contributed by atoms with van der Waals surface area (Å²) in [5.74, 6) is 0. The second kappa shape index (κ2) is 2.82. The van der Waals surface area contributed by atoms with Gasteiger partial charge in [0.2, 0.25) is 0 Å². The van der Waals surface area contributed by atoms with Crippen LogP contribution >= 0.6 is 0 Å². The zero-order valence-electron chi connectivity index (χ0n) is 8.10. The van der Waals surface area contributed by atoms with E-state index in [2.05, 4.69) is 34.9 Å². The van der Waals surface area contributed by atoms with Crippen molar-refractivity contribution in [2.45, 2.75) is 13.0 Å². The second-order valence-corrected chi connectivity index (χ2v) is 3.84. The fourth-order valence-electron chi connectivity index (χ4n) is 1.83. The van der Waals surface area contributed by atoms with Crippen molar-refractivity contribution < 1.29 is 4.74 Å². The summed E-state index contributed by atoms with van der Waals surface area (Å²) in [5, 5.41) is 5.61. The zero-order chi connectivity index (χ0) is 9.54. The van der Waals surface area contributed by atoms with E-state index in [1.54, 1.807) is 0 Å². The molecule has 72 valence electrons. The Morgan fingerprint density at radius 3 is 3.00 bits per heavy atom. The lowest BCUT2D eigenvalue weighted by atomic mass is 10.2. The first-order chi connectivity index (χ1) is 6.84. The highest BCUT2D eigenvalue weighted by atomic mass is 16.5. The quantitative estimate of drug-likeness (QED) is 0.683. The molecule has 0 saturated carbocycles. The fourth-order valence-corrected chi connectivity index (χ4v) is 1.83. The second-order valence-electron chi connectivity index (χ2n) is 3.84. The molecule has 1 aliphatic rings. The van der Waals surface area contributed by atoms with Crippen LogP contribution in [0, 0.1) is 6.92 Å². The molecule has 0 aliphatic carbocycles. The van der Waals surface area contributed by atoms with Gasteiger partial charge in [0, 0.05) is 5.39 Å². The number of nitrogens with zero attached hydrogens (tertiary/aromatic N) is 2. The van der Waals surface area contributed by atoms with E-state index in [1.807, 2.05) is 6.20 Å². The van der Waals surface area contributed by atoms with Gasteiger partial charge in [-0.05, 0) is 19.1 Å². The third-order valence-electron chi connectivity index (χ3n) is 2.72. The van der Waals surface area contributed by atoms with Crippen LogP contribution in [0.3, 0.4) is 0 Å². The van der Waals surface area contributed by atoms with Crippen molar-refractivity contribution in [2.24, 2.45) is 0 Å². The topological polar surface area (TPSA) is 27.1 Å². The molecule has 1 fully saturated rings. The average Bonchev–Trinajstić information content (AvgIpc) is 2.45. The van der Waals surface area contributed by atoms with E-state index in [0.29, 0.717) is 6.04 Å². The molecule has 0 amide bonds. The highest BCUT2D eigenvalue weighted by Gasteiger charge is 2.22. The van der Waals surface area contributed by atoms with Crippen LogP contribution in [0.25, 0.3) is 10.9 Å². The van der Waals surface area contributed by atoms with Crippen LogP contribution in [0.1, 0.15) is 11.6 Å². The molecule has 0 bridgehead atoms. The molecule has 1 aliphatic heterocycles. The van der Waals surface area contributed by atoms with Crippen molar-refractivity contribution in [3.63, 3.8) is 0 Å². The Balaban J connectivity index is 2.16. The van der Waals surface area contributed by atoms with Crippen molar-refractivity contribution in [1.29, 1.82) is 0 Å². The summed E-state index contributed by atoms with van der Waals surface area (Å²) in [6, 6.07) is 6.86. The molecule has 3 rings (SSSR count). The van der Waals surface area contributed by atoms with Crippen LogP contribution < -0.4 is 0 Å². The molecule has 2 aromatic rings. The first-order valence-corrected chi connectivity index (χ1v) is 4.86. The predicted molar refractivity (Wildman–Crippen MR) is 54.3 cm³/mol. The average molecular weight is 188 g/mol. The Labute approximate surface area is 82.3 Å². The van der Waals surface area contributed by atoms with Gasteiger partial charge in [0.15, 0.2) is 0 Å². The van der Waals surface area contributed by atoms with Gasteiger partial charge in [-0.25, -0.2) is 0 Å². The summed E-state index contributed by atoms with van der Waals surface area (Å²) in [5.41, 5.74) is 2.49. The minimum Gasteiger partial charge on any atom is -0.377 e. The van der Waals surface area contributed by atoms with Crippen LogP contribution in [0.2, 0.25) is 0 Å². The standard InChI is InChI=1S/C11H12N2O/c1-8-2-3-11-9(4-8)5-12-13(11)10-6-14-7-10/h2-5,10H,6-7H2,1H3. The first kappa shape index (κ1) is 8.00. The van der Waals surface area contributed by atoms with E-state index in [1.165, 1.54) is 16.5 Å². The molecular formula is C11H12N2O. The van der Waals surface area contributed by atoms with Crippen molar-refractivity contribution in [3.8, 4) is 0 Å². The predicted octanol–water partition coefficient (Wildman–Crippen LogP) is 1.92. The Hall–Kier alpha value is -1.35. The monoisotopic (exact) mass is 188 g/mol. The largest absolute Gasteiger partial charge is 0.377 e. The molecule has 3 heteroatoms. The number of hydrogen-bond donors (Lipinski definition) is 0. The zero-order valence-corrected chi connectivity index (χ0v) is 8.10. The van der Waals surface area contributed by atoms with Gasteiger partial charge in [-0.15, -0.1) is 0 Å². The lowest BCUT2D eigenvalue weighted by Crippen LogP contribution is -2.31. The molecule has 1 saturated heterocycles. The highest BCUT2D eigenvalue weighted by Crippen LogP contribution is 2.23. The van der Waals surface area contributed by atoms with Gasteiger partial charge in [-0.2, -0.15) is 5.10 Å². The lowest BCUT2D eigenvalue weighted by Gasteiger charge is -2.26. The normalized spacial score (nSPS) is 17.2. The smallest absolute Gasteiger partial charge is 0.0992 e. The molecule has 2 heterocycles. The van der Waals surface area contributed by atoms with Gasteiger partial charge in [-0.3, -0.25) is 4.68 Å². The van der Waals surface area contributed by atoms with Crippen molar-refractivity contribution in [1.82, 2.24) is 9.78 Å². The molecule has 1 aromatic carbocycles. The van der Waals surface area contributed by atoms with Crippen LogP contribution in [0.5, 0.6) is 0 Å². The van der Waals surface area contributed by atoms with E-state index in [0.717, 1.165) is 13.2 Å². The fraction of sp³-hybridized carbons (Fsp3) is 0.364. The number of hydrogen-bond acceptors (Lipinski definition) is 2. The van der Waals surface area contributed by atoms with Crippen LogP contribution in [0.4, 0.5) is 0 Å². The Bertz CT molecular complexity index is 471. The third-order valence-corrected chi connectivity index (χ3v) is 2.72. The number of aromatic nitrogens is 2. The summed E-state index contributed by atoms with van der Waals surface area (Å²) >= 11 is 0. The van der Waals surface area contributed by atoms with E-state index in [-0.39, 0.29) is 0 Å². The molecule has 14 heavy (non-hydrogen) atoms. The van der Waals surface area contributed by atoms with Crippen molar-refractivity contribution in [3.05, 3.63) is 30.0 Å². The van der Waals surface area contributed by atoms with E-state index in [9.17, 15) is 0 Å². The highest BCUT2D eigenvalue weighted by molar-refractivity contribution is 5.79. The number of rotatable bonds is 1. The summed E-state index contributed by atoms with van der Waals surface area (Å²) in [4.78, 5) is 0. The van der Waals surface area contributed by atoms with E-state index >= 15 is 0 Å². The maximum absolute atomic E-state index is 5.17. The molecule has 0 radical (unpaired) electrons. The SMILES string of the molecule is Cc1ccc2c(cnn2C2COC2)c1. The van der Waals surface area contributed by atoms with Gasteiger partial charge >= 0.3 is 0 Å².